The zero-order valence-corrected chi connectivity index (χ0v) is 20.7. The molecular formula is C21H23Br2N3O5. The molecular weight excluding hydrogens is 534 g/mol. The number of ether oxygens (including phenoxy) is 3. The second kappa shape index (κ2) is 11.7. The number of nitrogens with zero attached hydrogens (tertiary/aromatic N) is 1. The number of benzene rings is 2. The van der Waals surface area contributed by atoms with Gasteiger partial charge in [-0.3, -0.25) is 9.59 Å². The minimum Gasteiger partial charge on any atom is -0.497 e. The number of nitrogens with one attached hydrogen (secondary N) is 2. The van der Waals surface area contributed by atoms with Crippen LogP contribution in [0.3, 0.4) is 0 Å². The fourth-order valence-corrected chi connectivity index (χ4v) is 3.55. The number of halogens is 2. The van der Waals surface area contributed by atoms with Crippen molar-refractivity contribution in [1.29, 1.82) is 0 Å². The second-order valence-electron chi connectivity index (χ2n) is 6.49. The number of anilines is 1. The van der Waals surface area contributed by atoms with Crippen LogP contribution < -0.4 is 25.0 Å². The van der Waals surface area contributed by atoms with Gasteiger partial charge in [-0.25, -0.2) is 5.43 Å². The normalized spacial score (nSPS) is 11.0. The summed E-state index contributed by atoms with van der Waals surface area (Å²) >= 11 is 6.82. The molecule has 0 fully saturated rings. The third-order valence-electron chi connectivity index (χ3n) is 4.04. The Morgan fingerprint density at radius 2 is 1.74 bits per heavy atom. The van der Waals surface area contributed by atoms with Crippen LogP contribution in [0.5, 0.6) is 17.2 Å². The van der Waals surface area contributed by atoms with Crippen molar-refractivity contribution in [2.45, 2.75) is 20.3 Å². The average Bonchev–Trinajstić information content (AvgIpc) is 2.74. The van der Waals surface area contributed by atoms with Gasteiger partial charge in [-0.05, 0) is 59.6 Å². The lowest BCUT2D eigenvalue weighted by Crippen LogP contribution is -2.26. The monoisotopic (exact) mass is 555 g/mol. The molecule has 0 aromatic heterocycles. The van der Waals surface area contributed by atoms with Gasteiger partial charge in [-0.2, -0.15) is 5.10 Å². The molecule has 166 valence electrons. The predicted octanol–water partition coefficient (Wildman–Crippen LogP) is 4.44. The van der Waals surface area contributed by atoms with Gasteiger partial charge in [0, 0.05) is 16.3 Å². The zero-order chi connectivity index (χ0) is 23.0. The van der Waals surface area contributed by atoms with E-state index in [1.54, 1.807) is 32.2 Å². The van der Waals surface area contributed by atoms with Crippen LogP contribution in [-0.2, 0) is 9.59 Å². The van der Waals surface area contributed by atoms with Crippen LogP contribution in [0.1, 0.15) is 18.9 Å². The molecule has 10 heteroatoms. The largest absolute Gasteiger partial charge is 0.497 e. The molecule has 0 saturated carbocycles. The summed E-state index contributed by atoms with van der Waals surface area (Å²) in [5.74, 6) is 0.892. The average molecular weight is 557 g/mol. The summed E-state index contributed by atoms with van der Waals surface area (Å²) in [6.45, 7) is 3.34. The van der Waals surface area contributed by atoms with Crippen molar-refractivity contribution in [3.8, 4) is 17.2 Å². The highest BCUT2D eigenvalue weighted by molar-refractivity contribution is 9.11. The smallest absolute Gasteiger partial charge is 0.277 e. The number of aryl methyl sites for hydroxylation is 1. The van der Waals surface area contributed by atoms with Gasteiger partial charge >= 0.3 is 0 Å². The summed E-state index contributed by atoms with van der Waals surface area (Å²) in [5, 5.41) is 6.70. The van der Waals surface area contributed by atoms with E-state index in [-0.39, 0.29) is 18.9 Å². The Balaban J connectivity index is 1.86. The molecule has 2 amide bonds. The van der Waals surface area contributed by atoms with E-state index in [9.17, 15) is 9.59 Å². The number of rotatable bonds is 9. The fraction of sp³-hybridized carbons (Fsp3) is 0.286. The fourth-order valence-electron chi connectivity index (χ4n) is 2.44. The number of amides is 2. The molecule has 2 aromatic rings. The van der Waals surface area contributed by atoms with E-state index in [1.807, 2.05) is 19.1 Å². The highest BCUT2D eigenvalue weighted by Crippen LogP contribution is 2.31. The summed E-state index contributed by atoms with van der Waals surface area (Å²) < 4.78 is 17.6. The molecule has 0 spiro atoms. The molecule has 0 radical (unpaired) electrons. The van der Waals surface area contributed by atoms with Crippen LogP contribution in [0, 0.1) is 6.92 Å². The number of carbonyl (C=O) groups is 2. The van der Waals surface area contributed by atoms with Crippen molar-refractivity contribution in [3.63, 3.8) is 0 Å². The lowest BCUT2D eigenvalue weighted by Gasteiger charge is -2.11. The Kier molecular flexibility index (Phi) is 9.32. The van der Waals surface area contributed by atoms with Crippen LogP contribution in [-0.4, -0.2) is 38.4 Å². The van der Waals surface area contributed by atoms with Gasteiger partial charge in [-0.15, -0.1) is 0 Å². The van der Waals surface area contributed by atoms with Crippen molar-refractivity contribution < 1.29 is 23.8 Å². The zero-order valence-electron chi connectivity index (χ0n) is 17.5. The van der Waals surface area contributed by atoms with Gasteiger partial charge in [0.05, 0.1) is 30.8 Å². The molecule has 2 aromatic carbocycles. The van der Waals surface area contributed by atoms with Crippen LogP contribution in [0.25, 0.3) is 0 Å². The van der Waals surface area contributed by atoms with Crippen molar-refractivity contribution >= 4 is 55.1 Å². The number of hydrazone groups is 1. The van der Waals surface area contributed by atoms with E-state index < -0.39 is 5.91 Å². The Hall–Kier alpha value is -2.59. The van der Waals surface area contributed by atoms with Crippen LogP contribution in [0.4, 0.5) is 5.69 Å². The molecule has 0 aliphatic carbocycles. The highest BCUT2D eigenvalue weighted by Gasteiger charge is 2.11. The molecule has 0 aliphatic rings. The van der Waals surface area contributed by atoms with Crippen molar-refractivity contribution in [3.05, 3.63) is 44.8 Å². The van der Waals surface area contributed by atoms with Gasteiger partial charge in [0.15, 0.2) is 6.61 Å². The van der Waals surface area contributed by atoms with Crippen LogP contribution in [0.2, 0.25) is 0 Å². The van der Waals surface area contributed by atoms with E-state index in [2.05, 4.69) is 47.7 Å². The van der Waals surface area contributed by atoms with Gasteiger partial charge < -0.3 is 19.5 Å². The predicted molar refractivity (Wildman–Crippen MR) is 126 cm³/mol. The van der Waals surface area contributed by atoms with Gasteiger partial charge in [-0.1, -0.05) is 15.9 Å². The maximum Gasteiger partial charge on any atom is 0.277 e. The quantitative estimate of drug-likeness (QED) is 0.351. The van der Waals surface area contributed by atoms with Crippen LogP contribution in [0.15, 0.2) is 44.4 Å². The molecule has 0 saturated heterocycles. The Morgan fingerprint density at radius 3 is 2.42 bits per heavy atom. The van der Waals surface area contributed by atoms with E-state index in [0.29, 0.717) is 28.6 Å². The first-order valence-corrected chi connectivity index (χ1v) is 10.7. The SMILES string of the molecule is COc1ccc(NC(=O)CC(C)=NNC(=O)COc2cc(C)c(Br)cc2Br)c(OC)c1. The Bertz CT molecular complexity index is 995. The highest BCUT2D eigenvalue weighted by atomic mass is 79.9. The Morgan fingerprint density at radius 1 is 1.00 bits per heavy atom. The number of methoxy groups -OCH3 is 2. The van der Waals surface area contributed by atoms with Crippen molar-refractivity contribution in [2.75, 3.05) is 26.1 Å². The van der Waals surface area contributed by atoms with Gasteiger partial charge in [0.1, 0.15) is 17.2 Å². The first-order valence-electron chi connectivity index (χ1n) is 9.15. The molecule has 0 bridgehead atoms. The topological polar surface area (TPSA) is 98.2 Å². The number of hydrogen-bond acceptors (Lipinski definition) is 6. The van der Waals surface area contributed by atoms with Crippen LogP contribution >= 0.6 is 31.9 Å². The lowest BCUT2D eigenvalue weighted by molar-refractivity contribution is -0.123. The first-order chi connectivity index (χ1) is 14.7. The minimum atomic E-state index is -0.441. The van der Waals surface area contributed by atoms with E-state index in [1.165, 1.54) is 7.11 Å². The molecule has 0 atom stereocenters. The molecule has 2 rings (SSSR count). The van der Waals surface area contributed by atoms with E-state index in [4.69, 9.17) is 14.2 Å². The second-order valence-corrected chi connectivity index (χ2v) is 8.20. The van der Waals surface area contributed by atoms with Crippen molar-refractivity contribution in [2.24, 2.45) is 5.10 Å². The molecule has 0 heterocycles. The summed E-state index contributed by atoms with van der Waals surface area (Å²) in [7, 11) is 3.05. The summed E-state index contributed by atoms with van der Waals surface area (Å²) in [4.78, 5) is 24.3. The number of carbonyl (C=O) groups excluding carboxylic acids is 2. The summed E-state index contributed by atoms with van der Waals surface area (Å²) in [6.07, 6.45) is -0.00617. The van der Waals surface area contributed by atoms with Crippen molar-refractivity contribution in [1.82, 2.24) is 5.43 Å². The standard InChI is InChI=1S/C21H23Br2N3O5/c1-12-7-18(16(23)10-15(12)22)31-11-21(28)26-25-13(2)8-20(27)24-17-6-5-14(29-3)9-19(17)30-4/h5-7,9-10H,8,11H2,1-4H3,(H,24,27)(H,26,28). The first kappa shape index (κ1) is 24.7. The lowest BCUT2D eigenvalue weighted by atomic mass is 10.2. The Labute approximate surface area is 197 Å². The molecule has 0 aliphatic heterocycles. The third kappa shape index (κ3) is 7.55. The third-order valence-corrected chi connectivity index (χ3v) is 5.52. The molecule has 2 N–H and O–H groups in total. The number of hydrogen-bond donors (Lipinski definition) is 2. The molecule has 31 heavy (non-hydrogen) atoms. The van der Waals surface area contributed by atoms with E-state index >= 15 is 0 Å². The maximum absolute atomic E-state index is 12.3. The van der Waals surface area contributed by atoms with Gasteiger partial charge in [0.2, 0.25) is 5.91 Å². The van der Waals surface area contributed by atoms with Gasteiger partial charge in [0.25, 0.3) is 5.91 Å². The summed E-state index contributed by atoms with van der Waals surface area (Å²) in [5.41, 5.74) is 4.30. The minimum absolute atomic E-state index is 0.00617. The summed E-state index contributed by atoms with van der Waals surface area (Å²) in [6, 6.07) is 8.73. The van der Waals surface area contributed by atoms with E-state index in [0.717, 1.165) is 14.5 Å². The molecule has 0 unspecified atom stereocenters. The molecule has 8 nitrogen and oxygen atoms in total. The maximum atomic E-state index is 12.3.